The summed E-state index contributed by atoms with van der Waals surface area (Å²) in [5.41, 5.74) is 7.45. The van der Waals surface area contributed by atoms with Crippen molar-refractivity contribution >= 4 is 39.1 Å². The normalized spacial score (nSPS) is 12.0. The van der Waals surface area contributed by atoms with Gasteiger partial charge in [0.2, 0.25) is 0 Å². The van der Waals surface area contributed by atoms with Crippen LogP contribution in [-0.4, -0.2) is 29.6 Å². The Labute approximate surface area is 142 Å². The zero-order valence-corrected chi connectivity index (χ0v) is 14.3. The number of hydrogen-bond donors (Lipinski definition) is 2. The van der Waals surface area contributed by atoms with E-state index in [0.29, 0.717) is 16.3 Å². The Hall–Kier alpha value is -1.56. The van der Waals surface area contributed by atoms with Crippen molar-refractivity contribution in [3.8, 4) is 0 Å². The summed E-state index contributed by atoms with van der Waals surface area (Å²) >= 11 is 9.29. The van der Waals surface area contributed by atoms with Crippen molar-refractivity contribution in [3.63, 3.8) is 0 Å². The summed E-state index contributed by atoms with van der Waals surface area (Å²) in [6, 6.07) is 11.7. The predicted molar refractivity (Wildman–Crippen MR) is 91.9 cm³/mol. The topological polar surface area (TPSA) is 66.6 Å². The van der Waals surface area contributed by atoms with Crippen LogP contribution in [0.4, 0.5) is 5.69 Å². The molecule has 4 nitrogen and oxygen atoms in total. The lowest BCUT2D eigenvalue weighted by Gasteiger charge is -2.27. The van der Waals surface area contributed by atoms with Crippen LogP contribution in [0, 0.1) is 0 Å². The van der Waals surface area contributed by atoms with Gasteiger partial charge in [-0.15, -0.1) is 0 Å². The number of aliphatic hydroxyl groups excluding tert-OH is 1. The fourth-order valence-electron chi connectivity index (χ4n) is 2.23. The Balaban J connectivity index is 2.31. The Morgan fingerprint density at radius 1 is 1.36 bits per heavy atom. The van der Waals surface area contributed by atoms with Gasteiger partial charge in [0.05, 0.1) is 18.2 Å². The highest BCUT2D eigenvalue weighted by Gasteiger charge is 2.23. The van der Waals surface area contributed by atoms with Crippen molar-refractivity contribution in [1.29, 1.82) is 0 Å². The van der Waals surface area contributed by atoms with Crippen molar-refractivity contribution in [2.24, 2.45) is 0 Å². The van der Waals surface area contributed by atoms with Gasteiger partial charge in [0, 0.05) is 22.2 Å². The average molecular weight is 384 g/mol. The summed E-state index contributed by atoms with van der Waals surface area (Å²) in [7, 11) is 1.63. The van der Waals surface area contributed by atoms with Gasteiger partial charge in [-0.3, -0.25) is 4.79 Å². The van der Waals surface area contributed by atoms with E-state index >= 15 is 0 Å². The number of nitrogens with zero attached hydrogens (tertiary/aromatic N) is 1. The molecular formula is C16H16BrClN2O2. The van der Waals surface area contributed by atoms with Crippen LogP contribution in [0.15, 0.2) is 46.9 Å². The van der Waals surface area contributed by atoms with Gasteiger partial charge in [0.1, 0.15) is 0 Å². The van der Waals surface area contributed by atoms with Crippen molar-refractivity contribution < 1.29 is 9.90 Å². The molecule has 0 fully saturated rings. The Morgan fingerprint density at radius 2 is 2.09 bits per heavy atom. The average Bonchev–Trinajstić information content (AvgIpc) is 2.47. The second kappa shape index (κ2) is 7.13. The number of likely N-dealkylation sites (N-methyl/N-ethyl adjacent to an activating group) is 1. The van der Waals surface area contributed by atoms with Gasteiger partial charge in [0.15, 0.2) is 0 Å². The third kappa shape index (κ3) is 3.61. The Kier molecular flexibility index (Phi) is 5.45. The van der Waals surface area contributed by atoms with Crippen molar-refractivity contribution in [2.45, 2.75) is 6.04 Å². The summed E-state index contributed by atoms with van der Waals surface area (Å²) in [6.07, 6.45) is 0. The van der Waals surface area contributed by atoms with Crippen LogP contribution in [-0.2, 0) is 0 Å². The molecule has 0 aliphatic heterocycles. The lowest BCUT2D eigenvalue weighted by atomic mass is 10.0. The van der Waals surface area contributed by atoms with Crippen molar-refractivity contribution in [2.75, 3.05) is 19.4 Å². The molecule has 0 bridgehead atoms. The standard InChI is InChI=1S/C16H16BrClN2O2/c1-20(15(9-21)10-3-2-4-12(18)7-10)16(22)13-6-5-11(17)8-14(13)19/h2-8,15,21H,9,19H2,1H3. The molecule has 1 amide bonds. The lowest BCUT2D eigenvalue weighted by molar-refractivity contribution is 0.0659. The minimum Gasteiger partial charge on any atom is -0.398 e. The minimum absolute atomic E-state index is 0.209. The number of anilines is 1. The number of hydrogen-bond acceptors (Lipinski definition) is 3. The van der Waals surface area contributed by atoms with Crippen LogP contribution in [0.2, 0.25) is 5.02 Å². The molecule has 0 aliphatic carbocycles. The minimum atomic E-state index is -0.491. The third-order valence-electron chi connectivity index (χ3n) is 3.44. The molecular weight excluding hydrogens is 368 g/mol. The van der Waals surface area contributed by atoms with Gasteiger partial charge in [0.25, 0.3) is 5.91 Å². The van der Waals surface area contributed by atoms with Crippen LogP contribution < -0.4 is 5.73 Å². The van der Waals surface area contributed by atoms with E-state index in [4.69, 9.17) is 17.3 Å². The molecule has 0 spiro atoms. The van der Waals surface area contributed by atoms with Crippen LogP contribution in [0.3, 0.4) is 0 Å². The highest BCUT2D eigenvalue weighted by Crippen LogP contribution is 2.26. The van der Waals surface area contributed by atoms with Gasteiger partial charge in [-0.1, -0.05) is 39.7 Å². The second-order valence-electron chi connectivity index (χ2n) is 4.90. The summed E-state index contributed by atoms with van der Waals surface area (Å²) in [5.74, 6) is -0.260. The number of halogens is 2. The van der Waals surface area contributed by atoms with Crippen LogP contribution in [0.25, 0.3) is 0 Å². The molecule has 0 heterocycles. The Morgan fingerprint density at radius 3 is 2.68 bits per heavy atom. The molecule has 0 aromatic heterocycles. The zero-order valence-electron chi connectivity index (χ0n) is 12.0. The smallest absolute Gasteiger partial charge is 0.256 e. The molecule has 3 N–H and O–H groups in total. The first-order valence-electron chi connectivity index (χ1n) is 6.62. The largest absolute Gasteiger partial charge is 0.398 e. The fourth-order valence-corrected chi connectivity index (χ4v) is 2.80. The van der Waals surface area contributed by atoms with E-state index in [9.17, 15) is 9.90 Å². The number of benzene rings is 2. The van der Waals surface area contributed by atoms with E-state index in [2.05, 4.69) is 15.9 Å². The number of carbonyl (C=O) groups excluding carboxylic acids is 1. The number of aliphatic hydroxyl groups is 1. The van der Waals surface area contributed by atoms with Gasteiger partial charge in [-0.2, -0.15) is 0 Å². The first kappa shape index (κ1) is 16.8. The number of nitrogen functional groups attached to an aromatic ring is 1. The van der Waals surface area contributed by atoms with Crippen LogP contribution in [0.5, 0.6) is 0 Å². The maximum Gasteiger partial charge on any atom is 0.256 e. The first-order valence-corrected chi connectivity index (χ1v) is 7.79. The zero-order chi connectivity index (χ0) is 16.3. The highest BCUT2D eigenvalue weighted by molar-refractivity contribution is 9.10. The number of carbonyl (C=O) groups is 1. The third-order valence-corrected chi connectivity index (χ3v) is 4.17. The van der Waals surface area contributed by atoms with Gasteiger partial charge < -0.3 is 15.7 Å². The van der Waals surface area contributed by atoms with Gasteiger partial charge >= 0.3 is 0 Å². The molecule has 0 aliphatic rings. The summed E-state index contributed by atoms with van der Waals surface area (Å²) in [4.78, 5) is 14.1. The molecule has 1 unspecified atom stereocenters. The summed E-state index contributed by atoms with van der Waals surface area (Å²) in [6.45, 7) is -0.209. The van der Waals surface area contributed by atoms with E-state index in [1.807, 2.05) is 6.07 Å². The monoisotopic (exact) mass is 382 g/mol. The van der Waals surface area contributed by atoms with E-state index in [-0.39, 0.29) is 12.5 Å². The van der Waals surface area contributed by atoms with E-state index in [1.165, 1.54) is 4.90 Å². The first-order chi connectivity index (χ1) is 10.4. The van der Waals surface area contributed by atoms with Crippen molar-refractivity contribution in [3.05, 3.63) is 63.1 Å². The highest BCUT2D eigenvalue weighted by atomic mass is 79.9. The molecule has 0 saturated heterocycles. The number of rotatable bonds is 4. The Bertz CT molecular complexity index is 694. The molecule has 2 rings (SSSR count). The van der Waals surface area contributed by atoms with Gasteiger partial charge in [-0.05, 0) is 35.9 Å². The molecule has 0 radical (unpaired) electrons. The van der Waals surface area contributed by atoms with Crippen molar-refractivity contribution in [1.82, 2.24) is 4.90 Å². The molecule has 22 heavy (non-hydrogen) atoms. The van der Waals surface area contributed by atoms with Gasteiger partial charge in [-0.25, -0.2) is 0 Å². The number of nitrogens with two attached hydrogens (primary N) is 1. The maximum atomic E-state index is 12.6. The van der Waals surface area contributed by atoms with Crippen LogP contribution in [0.1, 0.15) is 22.0 Å². The molecule has 2 aromatic rings. The maximum absolute atomic E-state index is 12.6. The van der Waals surface area contributed by atoms with E-state index < -0.39 is 6.04 Å². The van der Waals surface area contributed by atoms with Crippen LogP contribution >= 0.6 is 27.5 Å². The molecule has 116 valence electrons. The van der Waals surface area contributed by atoms with E-state index in [1.54, 1.807) is 43.4 Å². The molecule has 1 atom stereocenters. The number of amides is 1. The quantitative estimate of drug-likeness (QED) is 0.794. The molecule has 6 heteroatoms. The second-order valence-corrected chi connectivity index (χ2v) is 6.25. The summed E-state index contributed by atoms with van der Waals surface area (Å²) < 4.78 is 0.803. The summed E-state index contributed by atoms with van der Waals surface area (Å²) in [5, 5.41) is 10.2. The lowest BCUT2D eigenvalue weighted by Crippen LogP contribution is -2.33. The molecule has 0 saturated carbocycles. The fraction of sp³-hybridized carbons (Fsp3) is 0.188. The van der Waals surface area contributed by atoms with E-state index in [0.717, 1.165) is 10.0 Å². The predicted octanol–water partition coefficient (Wildman–Crippen LogP) is 3.49. The molecule has 2 aromatic carbocycles. The SMILES string of the molecule is CN(C(=O)c1ccc(Br)cc1N)C(CO)c1cccc(Cl)c1.